The van der Waals surface area contributed by atoms with Gasteiger partial charge in [-0.25, -0.2) is 8.42 Å². The van der Waals surface area contributed by atoms with E-state index in [2.05, 4.69) is 5.32 Å². The summed E-state index contributed by atoms with van der Waals surface area (Å²) in [6.07, 6.45) is 3.86. The van der Waals surface area contributed by atoms with Crippen LogP contribution in [0.25, 0.3) is 0 Å². The van der Waals surface area contributed by atoms with E-state index in [1.807, 2.05) is 6.26 Å². The number of likely N-dealkylation sites (N-methyl/N-ethyl adjacent to an activating group) is 1. The lowest BCUT2D eigenvalue weighted by molar-refractivity contribution is -0.116. The Labute approximate surface area is 181 Å². The Morgan fingerprint density at radius 2 is 1.70 bits per heavy atom. The Balaban J connectivity index is 1.70. The van der Waals surface area contributed by atoms with Crippen molar-refractivity contribution in [3.05, 3.63) is 54.1 Å². The Hall–Kier alpha value is -2.36. The monoisotopic (exact) mass is 447 g/mol. The minimum absolute atomic E-state index is 0.125. The molecule has 0 saturated carbocycles. The highest BCUT2D eigenvalue weighted by Crippen LogP contribution is 2.22. The van der Waals surface area contributed by atoms with E-state index in [0.29, 0.717) is 24.3 Å². The molecule has 0 radical (unpaired) electrons. The predicted octanol–water partition coefficient (Wildman–Crippen LogP) is 2.90. The van der Waals surface area contributed by atoms with Gasteiger partial charge in [0, 0.05) is 25.0 Å². The number of para-hydroxylation sites is 1. The smallest absolute Gasteiger partial charge is 0.255 e. The number of anilines is 1. The molecule has 9 heteroatoms. The quantitative estimate of drug-likeness (QED) is 0.660. The van der Waals surface area contributed by atoms with E-state index in [1.165, 1.54) is 30.9 Å². The summed E-state index contributed by atoms with van der Waals surface area (Å²) in [5.74, 6) is -0.637. The molecule has 7 nitrogen and oxygen atoms in total. The van der Waals surface area contributed by atoms with Gasteiger partial charge in [-0.3, -0.25) is 9.59 Å². The van der Waals surface area contributed by atoms with Crippen molar-refractivity contribution < 1.29 is 18.0 Å². The normalized spacial score (nSPS) is 14.2. The predicted molar refractivity (Wildman–Crippen MR) is 118 cm³/mol. The fourth-order valence-corrected chi connectivity index (χ4v) is 4.81. The molecule has 2 amide bonds. The third-order valence-corrected chi connectivity index (χ3v) is 7.52. The third-order valence-electron chi connectivity index (χ3n) is 4.96. The maximum Gasteiger partial charge on any atom is 0.255 e. The van der Waals surface area contributed by atoms with Gasteiger partial charge < -0.3 is 10.2 Å². The molecule has 1 fully saturated rings. The number of nitrogens with zero attached hydrogens (tertiary/aromatic N) is 2. The molecule has 0 bridgehead atoms. The molecule has 1 aliphatic rings. The van der Waals surface area contributed by atoms with Crippen LogP contribution in [-0.2, 0) is 14.8 Å². The number of carbonyl (C=O) groups excluding carboxylic acids is 2. The average Bonchev–Trinajstić information content (AvgIpc) is 3.28. The first kappa shape index (κ1) is 22.3. The fraction of sp³-hybridized carbons (Fsp3) is 0.333. The molecule has 1 N–H and O–H groups in total. The van der Waals surface area contributed by atoms with Crippen molar-refractivity contribution in [2.45, 2.75) is 22.6 Å². The highest BCUT2D eigenvalue weighted by Gasteiger charge is 2.25. The van der Waals surface area contributed by atoms with Crippen LogP contribution >= 0.6 is 11.8 Å². The first-order valence-electron chi connectivity index (χ1n) is 9.61. The van der Waals surface area contributed by atoms with Gasteiger partial charge >= 0.3 is 0 Å². The molecule has 2 aromatic carbocycles. The summed E-state index contributed by atoms with van der Waals surface area (Å²) < 4.78 is 26.5. The SMILES string of the molecule is CSc1ccc(S(=O)(=O)N(C)CC(=O)Nc2ccccc2C(=O)N2CCCC2)cc1. The van der Waals surface area contributed by atoms with Gasteiger partial charge in [0.05, 0.1) is 22.7 Å². The van der Waals surface area contributed by atoms with Crippen molar-refractivity contribution in [3.63, 3.8) is 0 Å². The summed E-state index contributed by atoms with van der Waals surface area (Å²) in [6.45, 7) is 1.05. The number of hydrogen-bond donors (Lipinski definition) is 1. The maximum atomic E-state index is 12.7. The molecule has 0 aromatic heterocycles. The molecule has 0 unspecified atom stereocenters. The zero-order valence-corrected chi connectivity index (χ0v) is 18.6. The van der Waals surface area contributed by atoms with Gasteiger partial charge in [0.1, 0.15) is 0 Å². The number of rotatable bonds is 7. The summed E-state index contributed by atoms with van der Waals surface area (Å²) in [7, 11) is -2.44. The Morgan fingerprint density at radius 3 is 2.33 bits per heavy atom. The van der Waals surface area contributed by atoms with Gasteiger partial charge in [0.2, 0.25) is 15.9 Å². The van der Waals surface area contributed by atoms with E-state index in [-0.39, 0.29) is 17.3 Å². The lowest BCUT2D eigenvalue weighted by Gasteiger charge is -2.19. The summed E-state index contributed by atoms with van der Waals surface area (Å²) >= 11 is 1.52. The summed E-state index contributed by atoms with van der Waals surface area (Å²) in [4.78, 5) is 28.1. The second-order valence-corrected chi connectivity index (χ2v) is 9.95. The van der Waals surface area contributed by atoms with E-state index < -0.39 is 15.9 Å². The van der Waals surface area contributed by atoms with Gasteiger partial charge in [-0.2, -0.15) is 4.31 Å². The Bertz CT molecular complexity index is 1020. The molecule has 1 heterocycles. The van der Waals surface area contributed by atoms with Crippen LogP contribution in [-0.4, -0.2) is 62.4 Å². The van der Waals surface area contributed by atoms with Gasteiger partial charge in [0.25, 0.3) is 5.91 Å². The minimum Gasteiger partial charge on any atom is -0.339 e. The van der Waals surface area contributed by atoms with Crippen molar-refractivity contribution >= 4 is 39.3 Å². The van der Waals surface area contributed by atoms with Crippen molar-refractivity contribution in [1.82, 2.24) is 9.21 Å². The number of benzene rings is 2. The van der Waals surface area contributed by atoms with E-state index in [1.54, 1.807) is 41.3 Å². The zero-order valence-electron chi connectivity index (χ0n) is 17.0. The second-order valence-electron chi connectivity index (χ2n) is 7.03. The van der Waals surface area contributed by atoms with Crippen LogP contribution in [0.15, 0.2) is 58.3 Å². The van der Waals surface area contributed by atoms with Gasteiger partial charge in [-0.1, -0.05) is 12.1 Å². The van der Waals surface area contributed by atoms with Gasteiger partial charge in [-0.15, -0.1) is 11.8 Å². The molecule has 3 rings (SSSR count). The first-order chi connectivity index (χ1) is 14.3. The summed E-state index contributed by atoms with van der Waals surface area (Å²) in [5.41, 5.74) is 0.792. The largest absolute Gasteiger partial charge is 0.339 e. The van der Waals surface area contributed by atoms with Crippen LogP contribution in [0.3, 0.4) is 0 Å². The number of sulfonamides is 1. The molecule has 0 aliphatic carbocycles. The van der Waals surface area contributed by atoms with E-state index in [9.17, 15) is 18.0 Å². The number of thioether (sulfide) groups is 1. The average molecular weight is 448 g/mol. The van der Waals surface area contributed by atoms with Crippen molar-refractivity contribution in [2.24, 2.45) is 0 Å². The summed E-state index contributed by atoms with van der Waals surface area (Å²) in [5, 5.41) is 2.69. The molecule has 30 heavy (non-hydrogen) atoms. The fourth-order valence-electron chi connectivity index (χ4n) is 3.27. The van der Waals surface area contributed by atoms with Crippen LogP contribution in [0.1, 0.15) is 23.2 Å². The lowest BCUT2D eigenvalue weighted by atomic mass is 10.1. The number of amides is 2. The Morgan fingerprint density at radius 1 is 1.07 bits per heavy atom. The topological polar surface area (TPSA) is 86.8 Å². The molecule has 160 valence electrons. The van der Waals surface area contributed by atoms with Crippen LogP contribution in [0.5, 0.6) is 0 Å². The first-order valence-corrected chi connectivity index (χ1v) is 12.3. The molecule has 1 aliphatic heterocycles. The Kier molecular flexibility index (Phi) is 7.17. The molecular formula is C21H25N3O4S2. The van der Waals surface area contributed by atoms with Crippen molar-refractivity contribution in [2.75, 3.05) is 38.3 Å². The molecule has 2 aromatic rings. The van der Waals surface area contributed by atoms with E-state index in [0.717, 1.165) is 22.0 Å². The van der Waals surface area contributed by atoms with Crippen LogP contribution in [0.2, 0.25) is 0 Å². The van der Waals surface area contributed by atoms with E-state index >= 15 is 0 Å². The van der Waals surface area contributed by atoms with Crippen molar-refractivity contribution in [1.29, 1.82) is 0 Å². The van der Waals surface area contributed by atoms with Gasteiger partial charge in [-0.05, 0) is 55.5 Å². The summed E-state index contributed by atoms with van der Waals surface area (Å²) in [6, 6.07) is 13.3. The van der Waals surface area contributed by atoms with Crippen LogP contribution in [0.4, 0.5) is 5.69 Å². The lowest BCUT2D eigenvalue weighted by Crippen LogP contribution is -2.35. The van der Waals surface area contributed by atoms with Crippen LogP contribution in [0, 0.1) is 0 Å². The molecule has 0 spiro atoms. The number of carbonyl (C=O) groups is 2. The minimum atomic E-state index is -3.80. The third kappa shape index (κ3) is 5.03. The molecule has 1 saturated heterocycles. The highest BCUT2D eigenvalue weighted by molar-refractivity contribution is 7.98. The molecule has 0 atom stereocenters. The number of nitrogens with one attached hydrogen (secondary N) is 1. The maximum absolute atomic E-state index is 12.7. The number of hydrogen-bond acceptors (Lipinski definition) is 5. The number of likely N-dealkylation sites (tertiary alicyclic amines) is 1. The van der Waals surface area contributed by atoms with Crippen LogP contribution < -0.4 is 5.32 Å². The molecular weight excluding hydrogens is 422 g/mol. The highest BCUT2D eigenvalue weighted by atomic mass is 32.2. The standard InChI is InChI=1S/C21H25N3O4S2/c1-23(30(27,28)17-11-9-16(29-2)10-12-17)15-20(25)22-19-8-4-3-7-18(19)21(26)24-13-5-6-14-24/h3-4,7-12H,5-6,13-15H2,1-2H3,(H,22,25). The van der Waals surface area contributed by atoms with E-state index in [4.69, 9.17) is 0 Å². The van der Waals surface area contributed by atoms with Crippen molar-refractivity contribution in [3.8, 4) is 0 Å². The second kappa shape index (κ2) is 9.63. The van der Waals surface area contributed by atoms with Gasteiger partial charge in [0.15, 0.2) is 0 Å². The zero-order chi connectivity index (χ0) is 21.7.